The summed E-state index contributed by atoms with van der Waals surface area (Å²) in [4.78, 5) is 15.7. The minimum Gasteiger partial charge on any atom is -0.508 e. The number of phenolic OH excluding ortho intramolecular Hbond substituents is 1. The molecule has 3 aromatic heterocycles. The summed E-state index contributed by atoms with van der Waals surface area (Å²) in [5.41, 5.74) is 9.58. The lowest BCUT2D eigenvalue weighted by Gasteiger charge is -2.18. The summed E-state index contributed by atoms with van der Waals surface area (Å²) < 4.78 is 18.0. The number of nitrogens with zero attached hydrogens (tertiary/aromatic N) is 7. The molecule has 1 aliphatic heterocycles. The molecule has 6 rings (SSSR count). The fraction of sp³-hybridized carbons (Fsp3) is 0.250. The van der Waals surface area contributed by atoms with Crippen LogP contribution < -0.4 is 10.6 Å². The number of anilines is 2. The van der Waals surface area contributed by atoms with E-state index in [2.05, 4.69) is 25.5 Å². The highest BCUT2D eigenvalue weighted by Crippen LogP contribution is 2.33. The van der Waals surface area contributed by atoms with Gasteiger partial charge in [0.2, 0.25) is 5.95 Å². The van der Waals surface area contributed by atoms with Crippen molar-refractivity contribution < 1.29 is 9.50 Å². The summed E-state index contributed by atoms with van der Waals surface area (Å²) in [6, 6.07) is 11.9. The van der Waals surface area contributed by atoms with Crippen LogP contribution in [-0.4, -0.2) is 47.5 Å². The largest absolute Gasteiger partial charge is 0.508 e. The van der Waals surface area contributed by atoms with E-state index < -0.39 is 5.82 Å². The number of aromatic hydroxyl groups is 1. The molecule has 0 saturated carbocycles. The van der Waals surface area contributed by atoms with Crippen LogP contribution in [0.4, 0.5) is 16.2 Å². The molecule has 0 spiro atoms. The van der Waals surface area contributed by atoms with Crippen molar-refractivity contribution in [3.8, 4) is 17.0 Å². The molecule has 1 saturated heterocycles. The van der Waals surface area contributed by atoms with Crippen molar-refractivity contribution in [3.63, 3.8) is 0 Å². The Kier molecular flexibility index (Phi) is 4.79. The third-order valence-corrected chi connectivity index (χ3v) is 6.27. The molecule has 0 bridgehead atoms. The van der Waals surface area contributed by atoms with Gasteiger partial charge in [-0.15, -0.1) is 0 Å². The molecule has 0 amide bonds. The lowest BCUT2D eigenvalue weighted by atomic mass is 10.1. The average Bonchev–Trinajstić information content (AvgIpc) is 3.55. The number of phenols is 1. The third-order valence-electron chi connectivity index (χ3n) is 6.27. The van der Waals surface area contributed by atoms with Gasteiger partial charge in [-0.2, -0.15) is 5.10 Å². The lowest BCUT2D eigenvalue weighted by molar-refractivity contribution is 0.469. The van der Waals surface area contributed by atoms with Crippen LogP contribution in [0.2, 0.25) is 0 Å². The van der Waals surface area contributed by atoms with Gasteiger partial charge in [0, 0.05) is 31.3 Å². The number of nitrogen functional groups attached to an aromatic ring is 1. The van der Waals surface area contributed by atoms with Gasteiger partial charge >= 0.3 is 0 Å². The van der Waals surface area contributed by atoms with E-state index in [0.717, 1.165) is 49.0 Å². The summed E-state index contributed by atoms with van der Waals surface area (Å²) in [6.45, 7) is 3.09. The normalized spacial score (nSPS) is 14.0. The Morgan fingerprint density at radius 2 is 1.85 bits per heavy atom. The highest BCUT2D eigenvalue weighted by molar-refractivity contribution is 5.98. The van der Waals surface area contributed by atoms with E-state index in [4.69, 9.17) is 15.8 Å². The van der Waals surface area contributed by atoms with Gasteiger partial charge in [-0.05, 0) is 37.1 Å². The number of para-hydroxylation sites is 2. The number of fused-ring (bicyclic) bond motifs is 2. The predicted molar refractivity (Wildman–Crippen MR) is 128 cm³/mol. The van der Waals surface area contributed by atoms with Gasteiger partial charge in [0.1, 0.15) is 29.4 Å². The SMILES string of the molecule is Nc1ncnc2c1c(-c1cc(O)cc(F)c1)nn2CCn1c(N2CCCC2)nc2ccccc21. The summed E-state index contributed by atoms with van der Waals surface area (Å²) in [7, 11) is 0. The summed E-state index contributed by atoms with van der Waals surface area (Å²) in [5.74, 6) is 0.460. The molecule has 5 aromatic rings. The molecule has 1 aliphatic rings. The first-order valence-corrected chi connectivity index (χ1v) is 11.3. The summed E-state index contributed by atoms with van der Waals surface area (Å²) in [6.07, 6.45) is 3.71. The van der Waals surface area contributed by atoms with Gasteiger partial charge in [0.25, 0.3) is 0 Å². The van der Waals surface area contributed by atoms with Gasteiger partial charge in [0.15, 0.2) is 5.65 Å². The van der Waals surface area contributed by atoms with Crippen molar-refractivity contribution in [1.29, 1.82) is 0 Å². The Morgan fingerprint density at radius 1 is 1.03 bits per heavy atom. The molecule has 34 heavy (non-hydrogen) atoms. The molecule has 172 valence electrons. The average molecular weight is 459 g/mol. The van der Waals surface area contributed by atoms with Crippen LogP contribution in [0.25, 0.3) is 33.3 Å². The minimum atomic E-state index is -0.562. The zero-order valence-corrected chi connectivity index (χ0v) is 18.4. The zero-order valence-electron chi connectivity index (χ0n) is 18.4. The number of nitrogens with two attached hydrogens (primary N) is 1. The Balaban J connectivity index is 1.43. The van der Waals surface area contributed by atoms with Crippen molar-refractivity contribution in [2.45, 2.75) is 25.9 Å². The number of aryl methyl sites for hydroxylation is 2. The Hall–Kier alpha value is -4.21. The second kappa shape index (κ2) is 7.98. The number of benzene rings is 2. The van der Waals surface area contributed by atoms with Crippen molar-refractivity contribution in [1.82, 2.24) is 29.3 Å². The van der Waals surface area contributed by atoms with E-state index in [9.17, 15) is 9.50 Å². The molecule has 0 aliphatic carbocycles. The fourth-order valence-electron chi connectivity index (χ4n) is 4.74. The van der Waals surface area contributed by atoms with Gasteiger partial charge in [-0.1, -0.05) is 12.1 Å². The van der Waals surface area contributed by atoms with Crippen LogP contribution in [-0.2, 0) is 13.1 Å². The van der Waals surface area contributed by atoms with Crippen molar-refractivity contribution in [3.05, 3.63) is 54.6 Å². The molecule has 10 heteroatoms. The van der Waals surface area contributed by atoms with Gasteiger partial charge in [-0.25, -0.2) is 24.0 Å². The maximum Gasteiger partial charge on any atom is 0.206 e. The van der Waals surface area contributed by atoms with Gasteiger partial charge in [-0.3, -0.25) is 0 Å². The first-order chi connectivity index (χ1) is 16.6. The number of imidazole rings is 1. The fourth-order valence-corrected chi connectivity index (χ4v) is 4.74. The number of aromatic nitrogens is 6. The zero-order chi connectivity index (χ0) is 23.2. The van der Waals surface area contributed by atoms with E-state index in [0.29, 0.717) is 35.4 Å². The van der Waals surface area contributed by atoms with Crippen LogP contribution in [0.3, 0.4) is 0 Å². The van der Waals surface area contributed by atoms with Crippen molar-refractivity contribution in [2.75, 3.05) is 23.7 Å². The van der Waals surface area contributed by atoms with Gasteiger partial charge in [0.05, 0.1) is 23.0 Å². The highest BCUT2D eigenvalue weighted by Gasteiger charge is 2.22. The number of rotatable bonds is 5. The Morgan fingerprint density at radius 3 is 2.68 bits per heavy atom. The molecule has 0 atom stereocenters. The first-order valence-electron chi connectivity index (χ1n) is 11.3. The Bertz CT molecular complexity index is 1500. The number of hydrogen-bond donors (Lipinski definition) is 2. The van der Waals surface area contributed by atoms with E-state index in [-0.39, 0.29) is 11.6 Å². The van der Waals surface area contributed by atoms with Crippen LogP contribution in [0, 0.1) is 5.82 Å². The van der Waals surface area contributed by atoms with Gasteiger partial charge < -0.3 is 20.3 Å². The predicted octanol–water partition coefficient (Wildman–Crippen LogP) is 3.57. The minimum absolute atomic E-state index is 0.187. The molecule has 1 fully saturated rings. The smallest absolute Gasteiger partial charge is 0.206 e. The number of hydrogen-bond acceptors (Lipinski definition) is 7. The lowest BCUT2D eigenvalue weighted by Crippen LogP contribution is -2.23. The highest BCUT2D eigenvalue weighted by atomic mass is 19.1. The van der Waals surface area contributed by atoms with Crippen molar-refractivity contribution in [2.24, 2.45) is 0 Å². The van der Waals surface area contributed by atoms with Crippen LogP contribution in [0.5, 0.6) is 5.75 Å². The monoisotopic (exact) mass is 458 g/mol. The quantitative estimate of drug-likeness (QED) is 0.414. The molecular weight excluding hydrogens is 435 g/mol. The Labute approximate surface area is 194 Å². The molecule has 0 unspecified atom stereocenters. The summed E-state index contributed by atoms with van der Waals surface area (Å²) >= 11 is 0. The van der Waals surface area contributed by atoms with E-state index in [1.165, 1.54) is 18.5 Å². The number of halogens is 1. The third kappa shape index (κ3) is 3.38. The van der Waals surface area contributed by atoms with E-state index in [1.54, 1.807) is 4.68 Å². The molecule has 4 heterocycles. The second-order valence-electron chi connectivity index (χ2n) is 8.47. The van der Waals surface area contributed by atoms with E-state index >= 15 is 0 Å². The molecule has 9 nitrogen and oxygen atoms in total. The molecule has 0 radical (unpaired) electrons. The van der Waals surface area contributed by atoms with Crippen LogP contribution in [0.15, 0.2) is 48.8 Å². The first kappa shape index (κ1) is 20.4. The van der Waals surface area contributed by atoms with E-state index in [1.807, 2.05) is 18.2 Å². The van der Waals surface area contributed by atoms with Crippen LogP contribution >= 0.6 is 0 Å². The molecule has 2 aromatic carbocycles. The topological polar surface area (TPSA) is 111 Å². The molecule has 3 N–H and O–H groups in total. The molecular formula is C24H23FN8O. The summed E-state index contributed by atoms with van der Waals surface area (Å²) in [5, 5.41) is 15.2. The maximum atomic E-state index is 14.0. The van der Waals surface area contributed by atoms with Crippen LogP contribution in [0.1, 0.15) is 12.8 Å². The second-order valence-corrected chi connectivity index (χ2v) is 8.47. The standard InChI is InChI=1S/C24H23FN8O/c25-16-11-15(12-17(34)13-16)21-20-22(26)27-14-28-23(20)33(30-21)10-9-32-19-6-2-1-5-18(19)29-24(32)31-7-3-4-8-31/h1-2,5-6,11-14,34H,3-4,7-10H2,(H2,26,27,28). The maximum absolute atomic E-state index is 14.0. The van der Waals surface area contributed by atoms with Crippen molar-refractivity contribution >= 4 is 33.8 Å².